The minimum absolute atomic E-state index is 0.0835. The Hall–Kier alpha value is -0.380. The summed E-state index contributed by atoms with van der Waals surface area (Å²) in [5, 5.41) is 26.4. The molecule has 0 aromatic rings. The Labute approximate surface area is 54.3 Å². The molecule has 3 N–H and O–H groups in total. The molecule has 0 aliphatic heterocycles. The van der Waals surface area contributed by atoms with Crippen molar-refractivity contribution in [3.05, 3.63) is 12.7 Å². The molecule has 0 spiro atoms. The number of hydrogen-bond donors (Lipinski definition) is 3. The second kappa shape index (κ2) is 2.96. The highest BCUT2D eigenvalue weighted by atomic mass is 16.5. The van der Waals surface area contributed by atoms with Crippen LogP contribution in [0, 0.1) is 0 Å². The van der Waals surface area contributed by atoms with Gasteiger partial charge < -0.3 is 15.3 Å². The van der Waals surface area contributed by atoms with Gasteiger partial charge in [0.05, 0.1) is 0 Å². The highest BCUT2D eigenvalue weighted by molar-refractivity contribution is 4.87. The quantitative estimate of drug-likeness (QED) is 0.362. The van der Waals surface area contributed by atoms with Gasteiger partial charge in [0.1, 0.15) is 6.10 Å². The Bertz CT molecular complexity index is 98.5. The molecule has 0 rings (SSSR count). The number of aliphatic hydroxyl groups excluding tert-OH is 1. The zero-order valence-electron chi connectivity index (χ0n) is 5.41. The molecular weight excluding hydrogens is 120 g/mol. The summed E-state index contributed by atoms with van der Waals surface area (Å²) < 4.78 is 0. The van der Waals surface area contributed by atoms with E-state index < -0.39 is 11.9 Å². The summed E-state index contributed by atoms with van der Waals surface area (Å²) in [5.41, 5.74) is 0. The molecule has 1 atom stereocenters. The second-order valence-electron chi connectivity index (χ2n) is 1.91. The fourth-order valence-electron chi connectivity index (χ4n) is 0.398. The van der Waals surface area contributed by atoms with Crippen LogP contribution in [0.4, 0.5) is 0 Å². The highest BCUT2D eigenvalue weighted by Crippen LogP contribution is 2.10. The van der Waals surface area contributed by atoms with Crippen LogP contribution in [0.5, 0.6) is 0 Å². The smallest absolute Gasteiger partial charge is 0.192 e. The van der Waals surface area contributed by atoms with Crippen LogP contribution in [0.3, 0.4) is 0 Å². The Morgan fingerprint density at radius 3 is 2.22 bits per heavy atom. The van der Waals surface area contributed by atoms with Crippen LogP contribution >= 0.6 is 0 Å². The zero-order valence-corrected chi connectivity index (χ0v) is 5.41. The van der Waals surface area contributed by atoms with E-state index in [1.807, 2.05) is 0 Å². The molecule has 0 saturated heterocycles. The maximum atomic E-state index is 8.83. The van der Waals surface area contributed by atoms with Gasteiger partial charge in [-0.1, -0.05) is 13.0 Å². The molecule has 54 valence electrons. The molecule has 0 aromatic carbocycles. The SMILES string of the molecule is C=CC(O)C(O)(O)CC. The van der Waals surface area contributed by atoms with Gasteiger partial charge in [-0.05, 0) is 0 Å². The number of aliphatic hydroxyl groups is 3. The minimum Gasteiger partial charge on any atom is -0.383 e. The molecule has 3 heteroatoms. The largest absolute Gasteiger partial charge is 0.383 e. The van der Waals surface area contributed by atoms with Crippen molar-refractivity contribution in [2.24, 2.45) is 0 Å². The van der Waals surface area contributed by atoms with Crippen molar-refractivity contribution in [2.45, 2.75) is 25.2 Å². The van der Waals surface area contributed by atoms with E-state index in [9.17, 15) is 0 Å². The zero-order chi connectivity index (χ0) is 7.49. The van der Waals surface area contributed by atoms with Crippen molar-refractivity contribution in [2.75, 3.05) is 0 Å². The predicted molar refractivity (Wildman–Crippen MR) is 33.7 cm³/mol. The minimum atomic E-state index is -2.01. The molecular formula is C6H12O3. The fraction of sp³-hybridized carbons (Fsp3) is 0.667. The van der Waals surface area contributed by atoms with Crippen LogP contribution in [-0.2, 0) is 0 Å². The van der Waals surface area contributed by atoms with Gasteiger partial charge in [0.25, 0.3) is 0 Å². The lowest BCUT2D eigenvalue weighted by atomic mass is 10.1. The van der Waals surface area contributed by atoms with Gasteiger partial charge in [-0.2, -0.15) is 0 Å². The maximum Gasteiger partial charge on any atom is 0.192 e. The Morgan fingerprint density at radius 1 is 1.67 bits per heavy atom. The van der Waals surface area contributed by atoms with Crippen LogP contribution in [-0.4, -0.2) is 27.2 Å². The lowest BCUT2D eigenvalue weighted by molar-refractivity contribution is -0.212. The first-order valence-electron chi connectivity index (χ1n) is 2.80. The first-order valence-corrected chi connectivity index (χ1v) is 2.80. The molecule has 0 saturated carbocycles. The summed E-state index contributed by atoms with van der Waals surface area (Å²) in [6, 6.07) is 0. The number of rotatable bonds is 3. The third-order valence-electron chi connectivity index (χ3n) is 1.22. The standard InChI is InChI=1S/C6H12O3/c1-3-5(7)6(8,9)4-2/h3,5,7-9H,1,4H2,2H3. The van der Waals surface area contributed by atoms with E-state index >= 15 is 0 Å². The van der Waals surface area contributed by atoms with E-state index in [1.54, 1.807) is 6.92 Å². The lowest BCUT2D eigenvalue weighted by Crippen LogP contribution is -2.39. The van der Waals surface area contributed by atoms with E-state index in [0.717, 1.165) is 6.08 Å². The Balaban J connectivity index is 3.95. The molecule has 3 nitrogen and oxygen atoms in total. The molecule has 0 aliphatic rings. The normalized spacial score (nSPS) is 15.1. The maximum absolute atomic E-state index is 8.83. The van der Waals surface area contributed by atoms with Crippen LogP contribution < -0.4 is 0 Å². The van der Waals surface area contributed by atoms with Gasteiger partial charge in [0.2, 0.25) is 0 Å². The van der Waals surface area contributed by atoms with Crippen LogP contribution in [0.1, 0.15) is 13.3 Å². The van der Waals surface area contributed by atoms with Crippen LogP contribution in [0.2, 0.25) is 0 Å². The molecule has 0 radical (unpaired) electrons. The summed E-state index contributed by atoms with van der Waals surface area (Å²) in [7, 11) is 0. The lowest BCUT2D eigenvalue weighted by Gasteiger charge is -2.22. The van der Waals surface area contributed by atoms with Gasteiger partial charge in [-0.15, -0.1) is 6.58 Å². The van der Waals surface area contributed by atoms with E-state index in [4.69, 9.17) is 15.3 Å². The average Bonchev–Trinajstić information content (AvgIpc) is 1.86. The number of hydrogen-bond acceptors (Lipinski definition) is 3. The molecule has 0 fully saturated rings. The van der Waals surface area contributed by atoms with E-state index in [0.29, 0.717) is 0 Å². The average molecular weight is 132 g/mol. The molecule has 0 heterocycles. The summed E-state index contributed by atoms with van der Waals surface area (Å²) >= 11 is 0. The van der Waals surface area contributed by atoms with Crippen molar-refractivity contribution >= 4 is 0 Å². The summed E-state index contributed by atoms with van der Waals surface area (Å²) in [6.07, 6.45) is -0.0913. The van der Waals surface area contributed by atoms with E-state index in [2.05, 4.69) is 6.58 Å². The molecule has 1 unspecified atom stereocenters. The van der Waals surface area contributed by atoms with Crippen LogP contribution in [0.25, 0.3) is 0 Å². The second-order valence-corrected chi connectivity index (χ2v) is 1.91. The van der Waals surface area contributed by atoms with Gasteiger partial charge >= 0.3 is 0 Å². The molecule has 0 aliphatic carbocycles. The Morgan fingerprint density at radius 2 is 2.11 bits per heavy atom. The van der Waals surface area contributed by atoms with Gasteiger partial charge in [-0.3, -0.25) is 0 Å². The summed E-state index contributed by atoms with van der Waals surface area (Å²) in [6.45, 7) is 4.77. The van der Waals surface area contributed by atoms with Crippen molar-refractivity contribution in [3.8, 4) is 0 Å². The fourth-order valence-corrected chi connectivity index (χ4v) is 0.398. The molecule has 0 bridgehead atoms. The van der Waals surface area contributed by atoms with Gasteiger partial charge in [0.15, 0.2) is 5.79 Å². The van der Waals surface area contributed by atoms with Crippen molar-refractivity contribution in [3.63, 3.8) is 0 Å². The van der Waals surface area contributed by atoms with Gasteiger partial charge in [-0.25, -0.2) is 0 Å². The van der Waals surface area contributed by atoms with Crippen molar-refractivity contribution in [1.29, 1.82) is 0 Å². The van der Waals surface area contributed by atoms with E-state index in [-0.39, 0.29) is 6.42 Å². The first kappa shape index (κ1) is 8.62. The summed E-state index contributed by atoms with van der Waals surface area (Å²) in [5.74, 6) is -2.01. The topological polar surface area (TPSA) is 60.7 Å². The monoisotopic (exact) mass is 132 g/mol. The van der Waals surface area contributed by atoms with Gasteiger partial charge in [0, 0.05) is 6.42 Å². The molecule has 0 amide bonds. The molecule has 0 aromatic heterocycles. The Kier molecular flexibility index (Phi) is 2.84. The van der Waals surface area contributed by atoms with Crippen LogP contribution in [0.15, 0.2) is 12.7 Å². The first-order chi connectivity index (χ1) is 4.04. The summed E-state index contributed by atoms with van der Waals surface area (Å²) in [4.78, 5) is 0. The third kappa shape index (κ3) is 2.13. The third-order valence-corrected chi connectivity index (χ3v) is 1.22. The predicted octanol–water partition coefficient (Wildman–Crippen LogP) is -0.376. The van der Waals surface area contributed by atoms with E-state index in [1.165, 1.54) is 0 Å². The van der Waals surface area contributed by atoms with Crippen molar-refractivity contribution in [1.82, 2.24) is 0 Å². The molecule has 9 heavy (non-hydrogen) atoms. The van der Waals surface area contributed by atoms with Crippen molar-refractivity contribution < 1.29 is 15.3 Å². The highest BCUT2D eigenvalue weighted by Gasteiger charge is 2.27.